The summed E-state index contributed by atoms with van der Waals surface area (Å²) in [5.41, 5.74) is 3.08. The smallest absolute Gasteiger partial charge is 0.137 e. The normalized spacial score (nSPS) is 10.2. The van der Waals surface area contributed by atoms with Gasteiger partial charge in [-0.2, -0.15) is 0 Å². The molecule has 4 rings (SSSR count). The standard InChI is InChI=1S/2C7H6N2.2H2/c1-2-6-3-5-9-7(6)8-4-1;1-2-4-7-6(3-1)8-5-9-7;;/h2*1-5H,(H,8,9);2*1H. The molecule has 0 aliphatic heterocycles. The molecule has 4 aromatic rings. The first-order valence-electron chi connectivity index (χ1n) is 5.70. The number of pyridine rings is 1. The van der Waals surface area contributed by atoms with Crippen molar-refractivity contribution in [2.75, 3.05) is 0 Å². The molecule has 0 saturated heterocycles. The monoisotopic (exact) mass is 240 g/mol. The molecule has 0 unspecified atom stereocenters. The molecule has 92 valence electrons. The van der Waals surface area contributed by atoms with Gasteiger partial charge >= 0.3 is 0 Å². The lowest BCUT2D eigenvalue weighted by Crippen LogP contribution is -1.70. The molecule has 0 fully saturated rings. The number of benzene rings is 1. The molecular formula is C14H16N4. The zero-order valence-corrected chi connectivity index (χ0v) is 9.67. The maximum absolute atomic E-state index is 4.09. The molecule has 0 atom stereocenters. The molecule has 0 bridgehead atoms. The van der Waals surface area contributed by atoms with Gasteiger partial charge in [-0.25, -0.2) is 9.97 Å². The van der Waals surface area contributed by atoms with Gasteiger partial charge in [0, 0.05) is 20.6 Å². The number of nitrogens with zero attached hydrogens (tertiary/aromatic N) is 2. The quantitative estimate of drug-likeness (QED) is 0.493. The average molecular weight is 240 g/mol. The molecule has 0 spiro atoms. The van der Waals surface area contributed by atoms with Crippen LogP contribution in [-0.2, 0) is 0 Å². The lowest BCUT2D eigenvalue weighted by molar-refractivity contribution is 1.33. The summed E-state index contributed by atoms with van der Waals surface area (Å²) in [5, 5.41) is 1.16. The molecule has 0 amide bonds. The van der Waals surface area contributed by atoms with Gasteiger partial charge in [-0.05, 0) is 30.3 Å². The Bertz CT molecular complexity index is 637. The highest BCUT2D eigenvalue weighted by Gasteiger charge is 1.89. The highest BCUT2D eigenvalue weighted by molar-refractivity contribution is 5.74. The number of hydrogen-bond donors (Lipinski definition) is 2. The predicted molar refractivity (Wildman–Crippen MR) is 76.4 cm³/mol. The highest BCUT2D eigenvalue weighted by atomic mass is 14.9. The lowest BCUT2D eigenvalue weighted by Gasteiger charge is -1.82. The molecule has 0 aliphatic rings. The fourth-order valence-corrected chi connectivity index (χ4v) is 1.76. The van der Waals surface area contributed by atoms with Crippen LogP contribution in [-0.4, -0.2) is 19.9 Å². The Morgan fingerprint density at radius 2 is 1.83 bits per heavy atom. The second-order valence-corrected chi connectivity index (χ2v) is 3.84. The van der Waals surface area contributed by atoms with Crippen molar-refractivity contribution in [3.63, 3.8) is 0 Å². The van der Waals surface area contributed by atoms with Crippen molar-refractivity contribution >= 4 is 22.1 Å². The maximum Gasteiger partial charge on any atom is 0.137 e. The number of aromatic amines is 2. The van der Waals surface area contributed by atoms with Gasteiger partial charge in [0.1, 0.15) is 5.65 Å². The molecule has 1 aromatic carbocycles. The van der Waals surface area contributed by atoms with E-state index in [0.717, 1.165) is 22.1 Å². The number of para-hydroxylation sites is 2. The van der Waals surface area contributed by atoms with Gasteiger partial charge in [-0.15, -0.1) is 0 Å². The summed E-state index contributed by atoms with van der Waals surface area (Å²) < 4.78 is 0. The van der Waals surface area contributed by atoms with Crippen molar-refractivity contribution in [2.45, 2.75) is 0 Å². The zero-order chi connectivity index (χ0) is 12.2. The number of hydrogen-bond acceptors (Lipinski definition) is 2. The van der Waals surface area contributed by atoms with Crippen LogP contribution >= 0.6 is 0 Å². The third-order valence-corrected chi connectivity index (χ3v) is 2.65. The molecule has 2 N–H and O–H groups in total. The summed E-state index contributed by atoms with van der Waals surface area (Å²) in [4.78, 5) is 14.2. The number of nitrogens with one attached hydrogen (secondary N) is 2. The third kappa shape index (κ3) is 2.08. The van der Waals surface area contributed by atoms with Crippen molar-refractivity contribution in [3.05, 3.63) is 61.2 Å². The van der Waals surface area contributed by atoms with Gasteiger partial charge in [-0.3, -0.25) is 0 Å². The van der Waals surface area contributed by atoms with Crippen molar-refractivity contribution in [2.24, 2.45) is 0 Å². The average Bonchev–Trinajstić information content (AvgIpc) is 3.08. The van der Waals surface area contributed by atoms with Crippen molar-refractivity contribution in [3.8, 4) is 0 Å². The summed E-state index contributed by atoms with van der Waals surface area (Å²) in [7, 11) is 0. The van der Waals surface area contributed by atoms with E-state index in [1.807, 2.05) is 48.7 Å². The van der Waals surface area contributed by atoms with Crippen LogP contribution < -0.4 is 0 Å². The number of rotatable bonds is 0. The van der Waals surface area contributed by atoms with Crippen LogP contribution in [0.2, 0.25) is 0 Å². The summed E-state index contributed by atoms with van der Waals surface area (Å²) >= 11 is 0. The Morgan fingerprint density at radius 1 is 0.889 bits per heavy atom. The van der Waals surface area contributed by atoms with Gasteiger partial charge < -0.3 is 9.97 Å². The second-order valence-electron chi connectivity index (χ2n) is 3.84. The first kappa shape index (κ1) is 10.5. The molecule has 18 heavy (non-hydrogen) atoms. The van der Waals surface area contributed by atoms with Gasteiger partial charge in [0.2, 0.25) is 0 Å². The molecule has 0 saturated carbocycles. The van der Waals surface area contributed by atoms with E-state index in [0.29, 0.717) is 0 Å². The highest BCUT2D eigenvalue weighted by Crippen LogP contribution is 2.06. The lowest BCUT2D eigenvalue weighted by atomic mass is 10.3. The minimum atomic E-state index is 0. The van der Waals surface area contributed by atoms with Crippen LogP contribution in [0.4, 0.5) is 0 Å². The topological polar surface area (TPSA) is 57.4 Å². The Morgan fingerprint density at radius 3 is 2.72 bits per heavy atom. The fraction of sp³-hybridized carbons (Fsp3) is 0. The van der Waals surface area contributed by atoms with E-state index >= 15 is 0 Å². The van der Waals surface area contributed by atoms with E-state index in [9.17, 15) is 0 Å². The molecule has 3 aromatic heterocycles. The number of aromatic nitrogens is 4. The van der Waals surface area contributed by atoms with Crippen LogP contribution in [0.15, 0.2) is 61.2 Å². The number of imidazole rings is 1. The first-order chi connectivity index (χ1) is 8.93. The molecule has 4 heteroatoms. The second kappa shape index (κ2) is 4.71. The summed E-state index contributed by atoms with van der Waals surface area (Å²) in [6.45, 7) is 0. The Labute approximate surface area is 107 Å². The van der Waals surface area contributed by atoms with E-state index in [-0.39, 0.29) is 2.85 Å². The Hall–Kier alpha value is -2.62. The van der Waals surface area contributed by atoms with Gasteiger partial charge in [0.25, 0.3) is 0 Å². The predicted octanol–water partition coefficient (Wildman–Crippen LogP) is 3.62. The largest absolute Gasteiger partial charge is 0.346 e. The summed E-state index contributed by atoms with van der Waals surface area (Å²) in [6.07, 6.45) is 5.36. The maximum atomic E-state index is 4.09. The molecule has 0 aliphatic carbocycles. The molecule has 0 radical (unpaired) electrons. The number of H-pyrrole nitrogens is 2. The van der Waals surface area contributed by atoms with Crippen LogP contribution in [0, 0.1) is 0 Å². The van der Waals surface area contributed by atoms with E-state index in [4.69, 9.17) is 0 Å². The van der Waals surface area contributed by atoms with Gasteiger partial charge in [0.15, 0.2) is 0 Å². The first-order valence-corrected chi connectivity index (χ1v) is 5.70. The van der Waals surface area contributed by atoms with E-state index in [2.05, 4.69) is 19.9 Å². The van der Waals surface area contributed by atoms with Crippen LogP contribution in [0.25, 0.3) is 22.1 Å². The summed E-state index contributed by atoms with van der Waals surface area (Å²) in [6, 6.07) is 13.9. The van der Waals surface area contributed by atoms with E-state index < -0.39 is 0 Å². The molecule has 3 heterocycles. The van der Waals surface area contributed by atoms with Gasteiger partial charge in [0.05, 0.1) is 17.4 Å². The Balaban J connectivity index is 0.000000182. The van der Waals surface area contributed by atoms with Crippen LogP contribution in [0.3, 0.4) is 0 Å². The SMILES string of the molecule is [HH].[HH].c1ccc2[nH]cnc2c1.c1cnc2[nH]ccc2c1. The fourth-order valence-electron chi connectivity index (χ4n) is 1.76. The molecular weight excluding hydrogens is 224 g/mol. The minimum absolute atomic E-state index is 0. The zero-order valence-electron chi connectivity index (χ0n) is 9.67. The van der Waals surface area contributed by atoms with E-state index in [1.165, 1.54) is 0 Å². The van der Waals surface area contributed by atoms with Crippen LogP contribution in [0.5, 0.6) is 0 Å². The van der Waals surface area contributed by atoms with Crippen LogP contribution in [0.1, 0.15) is 2.85 Å². The Kier molecular flexibility index (Phi) is 2.75. The van der Waals surface area contributed by atoms with Crippen molar-refractivity contribution in [1.29, 1.82) is 0 Å². The van der Waals surface area contributed by atoms with Gasteiger partial charge in [-0.1, -0.05) is 12.1 Å². The van der Waals surface area contributed by atoms with E-state index in [1.54, 1.807) is 12.5 Å². The molecule has 4 nitrogen and oxygen atoms in total. The number of fused-ring (bicyclic) bond motifs is 2. The summed E-state index contributed by atoms with van der Waals surface area (Å²) in [5.74, 6) is 0. The van der Waals surface area contributed by atoms with Crippen molar-refractivity contribution < 1.29 is 2.85 Å². The van der Waals surface area contributed by atoms with Crippen molar-refractivity contribution in [1.82, 2.24) is 19.9 Å². The third-order valence-electron chi connectivity index (χ3n) is 2.65. The minimum Gasteiger partial charge on any atom is -0.346 e.